The molecule has 1 unspecified atom stereocenters. The van der Waals surface area contributed by atoms with Gasteiger partial charge in [-0.25, -0.2) is 4.79 Å². The van der Waals surface area contributed by atoms with Crippen LogP contribution in [0.25, 0.3) is 5.57 Å². The Labute approximate surface area is 200 Å². The van der Waals surface area contributed by atoms with Gasteiger partial charge in [-0.05, 0) is 53.1 Å². The maximum absolute atomic E-state index is 13.2. The summed E-state index contributed by atoms with van der Waals surface area (Å²) < 4.78 is 21.7. The van der Waals surface area contributed by atoms with E-state index < -0.39 is 17.7 Å². The van der Waals surface area contributed by atoms with Crippen LogP contribution in [0.1, 0.15) is 22.3 Å². The molecule has 2 N–H and O–H groups in total. The number of rotatable bonds is 7. The van der Waals surface area contributed by atoms with E-state index in [9.17, 15) is 14.7 Å². The molecule has 2 aliphatic rings. The lowest BCUT2D eigenvalue weighted by atomic mass is 9.87. The molecule has 1 atom stereocenters. The highest BCUT2D eigenvalue weighted by atomic mass is 16.7. The standard InChI is InChI=1S/C27H22O8/c1-32-20-9-7-19(8-10-20)27(31)21(12-16-2-4-17(5-3-16)13-24(28)29)25(26(30)35-27)18-6-11-22-23(14-18)34-15-33-22/h2-11,14,31H,12-13,15H2,1H3,(H,28,29). The highest BCUT2D eigenvalue weighted by molar-refractivity contribution is 6.20. The van der Waals surface area contributed by atoms with Gasteiger partial charge in [0, 0.05) is 17.6 Å². The minimum atomic E-state index is -2.01. The van der Waals surface area contributed by atoms with Crippen molar-refractivity contribution >= 4 is 17.5 Å². The second-order valence-electron chi connectivity index (χ2n) is 8.25. The molecule has 0 amide bonds. The number of aliphatic carboxylic acids is 1. The molecule has 0 bridgehead atoms. The first-order valence-corrected chi connectivity index (χ1v) is 10.9. The summed E-state index contributed by atoms with van der Waals surface area (Å²) in [5.74, 6) is -1.93. The Bertz CT molecular complexity index is 1320. The van der Waals surface area contributed by atoms with Gasteiger partial charge in [-0.15, -0.1) is 0 Å². The number of esters is 1. The molecule has 35 heavy (non-hydrogen) atoms. The summed E-state index contributed by atoms with van der Waals surface area (Å²) in [5.41, 5.74) is 2.92. The van der Waals surface area contributed by atoms with E-state index in [0.717, 1.165) is 5.56 Å². The van der Waals surface area contributed by atoms with Gasteiger partial charge in [0.25, 0.3) is 5.79 Å². The van der Waals surface area contributed by atoms with Crippen molar-refractivity contribution in [2.75, 3.05) is 13.9 Å². The van der Waals surface area contributed by atoms with Crippen LogP contribution < -0.4 is 14.2 Å². The number of ether oxygens (including phenoxy) is 4. The first-order valence-electron chi connectivity index (χ1n) is 10.9. The number of hydrogen-bond acceptors (Lipinski definition) is 7. The monoisotopic (exact) mass is 474 g/mol. The van der Waals surface area contributed by atoms with E-state index in [4.69, 9.17) is 24.1 Å². The molecule has 0 aliphatic carbocycles. The van der Waals surface area contributed by atoms with Gasteiger partial charge >= 0.3 is 11.9 Å². The summed E-state index contributed by atoms with van der Waals surface area (Å²) in [7, 11) is 1.54. The van der Waals surface area contributed by atoms with Crippen LogP contribution >= 0.6 is 0 Å². The van der Waals surface area contributed by atoms with Crippen molar-refractivity contribution in [1.29, 1.82) is 0 Å². The van der Waals surface area contributed by atoms with E-state index in [1.165, 1.54) is 7.11 Å². The largest absolute Gasteiger partial charge is 0.497 e. The highest BCUT2D eigenvalue weighted by Crippen LogP contribution is 2.46. The first-order chi connectivity index (χ1) is 16.9. The predicted molar refractivity (Wildman–Crippen MR) is 124 cm³/mol. The summed E-state index contributed by atoms with van der Waals surface area (Å²) in [6.45, 7) is 0.0909. The van der Waals surface area contributed by atoms with Crippen molar-refractivity contribution in [3.05, 3.63) is 94.6 Å². The third-order valence-electron chi connectivity index (χ3n) is 6.06. The maximum atomic E-state index is 13.2. The van der Waals surface area contributed by atoms with E-state index in [2.05, 4.69) is 0 Å². The molecule has 178 valence electrons. The fraction of sp³-hybridized carbons (Fsp3) is 0.185. The Morgan fingerprint density at radius 1 is 0.971 bits per heavy atom. The van der Waals surface area contributed by atoms with Crippen molar-refractivity contribution < 1.29 is 38.7 Å². The zero-order valence-electron chi connectivity index (χ0n) is 18.8. The second kappa shape index (κ2) is 8.81. The molecule has 3 aromatic carbocycles. The molecule has 2 heterocycles. The van der Waals surface area contributed by atoms with Crippen molar-refractivity contribution in [1.82, 2.24) is 0 Å². The SMILES string of the molecule is COc1ccc(C2(O)OC(=O)C(c3ccc4c(c3)OCO4)=C2Cc2ccc(CC(=O)O)cc2)cc1. The van der Waals surface area contributed by atoms with Gasteiger partial charge in [0.1, 0.15) is 5.75 Å². The Kier molecular flexibility index (Phi) is 5.66. The average molecular weight is 474 g/mol. The number of carbonyl (C=O) groups excluding carboxylic acids is 1. The van der Waals surface area contributed by atoms with E-state index in [0.29, 0.717) is 39.5 Å². The Balaban J connectivity index is 1.60. The lowest BCUT2D eigenvalue weighted by molar-refractivity contribution is -0.185. The summed E-state index contributed by atoms with van der Waals surface area (Å²) >= 11 is 0. The second-order valence-corrected chi connectivity index (χ2v) is 8.25. The highest BCUT2D eigenvalue weighted by Gasteiger charge is 2.48. The van der Waals surface area contributed by atoms with Crippen LogP contribution in [-0.4, -0.2) is 36.1 Å². The lowest BCUT2D eigenvalue weighted by Crippen LogP contribution is -2.29. The third kappa shape index (κ3) is 4.20. The molecule has 0 saturated heterocycles. The maximum Gasteiger partial charge on any atom is 0.342 e. The molecular weight excluding hydrogens is 452 g/mol. The van der Waals surface area contributed by atoms with Crippen LogP contribution in [0.15, 0.2) is 72.3 Å². The van der Waals surface area contributed by atoms with Crippen molar-refractivity contribution in [3.8, 4) is 17.2 Å². The third-order valence-corrected chi connectivity index (χ3v) is 6.06. The van der Waals surface area contributed by atoms with Gasteiger partial charge in [-0.3, -0.25) is 4.79 Å². The van der Waals surface area contributed by atoms with E-state index in [1.54, 1.807) is 66.7 Å². The summed E-state index contributed by atoms with van der Waals surface area (Å²) in [4.78, 5) is 24.2. The van der Waals surface area contributed by atoms with Crippen LogP contribution in [0.3, 0.4) is 0 Å². The number of cyclic esters (lactones) is 1. The normalized spacial score (nSPS) is 18.5. The molecule has 3 aromatic rings. The fourth-order valence-corrected chi connectivity index (χ4v) is 4.30. The smallest absolute Gasteiger partial charge is 0.342 e. The van der Waals surface area contributed by atoms with Gasteiger partial charge in [-0.2, -0.15) is 0 Å². The quantitative estimate of drug-likeness (QED) is 0.501. The zero-order chi connectivity index (χ0) is 24.6. The zero-order valence-corrected chi connectivity index (χ0v) is 18.8. The number of carboxylic acid groups (broad SMARTS) is 1. The van der Waals surface area contributed by atoms with Crippen LogP contribution in [-0.2, 0) is 33.0 Å². The van der Waals surface area contributed by atoms with Crippen LogP contribution in [0.2, 0.25) is 0 Å². The van der Waals surface area contributed by atoms with Crippen LogP contribution in [0.5, 0.6) is 17.2 Å². The summed E-state index contributed by atoms with van der Waals surface area (Å²) in [6, 6.07) is 18.8. The fourth-order valence-electron chi connectivity index (χ4n) is 4.30. The number of hydrogen-bond donors (Lipinski definition) is 2. The van der Waals surface area contributed by atoms with Crippen molar-refractivity contribution in [3.63, 3.8) is 0 Å². The summed E-state index contributed by atoms with van der Waals surface area (Å²) in [5, 5.41) is 20.8. The molecule has 5 rings (SSSR count). The number of methoxy groups -OCH3 is 1. The van der Waals surface area contributed by atoms with Crippen LogP contribution in [0, 0.1) is 0 Å². The average Bonchev–Trinajstić information content (AvgIpc) is 3.42. The first kappa shape index (κ1) is 22.5. The molecule has 0 radical (unpaired) electrons. The van der Waals surface area contributed by atoms with Crippen molar-refractivity contribution in [2.24, 2.45) is 0 Å². The Morgan fingerprint density at radius 2 is 1.66 bits per heavy atom. The van der Waals surface area contributed by atoms with E-state index in [1.807, 2.05) is 0 Å². The van der Waals surface area contributed by atoms with Gasteiger partial charge in [0.05, 0.1) is 19.1 Å². The molecule has 0 saturated carbocycles. The number of carboxylic acids is 1. The minimum Gasteiger partial charge on any atom is -0.497 e. The number of fused-ring (bicyclic) bond motifs is 1. The molecule has 2 aliphatic heterocycles. The van der Waals surface area contributed by atoms with Crippen LogP contribution in [0.4, 0.5) is 0 Å². The Morgan fingerprint density at radius 3 is 2.34 bits per heavy atom. The number of aliphatic hydroxyl groups is 1. The molecule has 0 fully saturated rings. The predicted octanol–water partition coefficient (Wildman–Crippen LogP) is 3.45. The van der Waals surface area contributed by atoms with Gasteiger partial charge in [0.2, 0.25) is 6.79 Å². The number of carbonyl (C=O) groups is 2. The molecule has 0 aromatic heterocycles. The Hall–Kier alpha value is -4.30. The molecule has 0 spiro atoms. The van der Waals surface area contributed by atoms with Crippen molar-refractivity contribution in [2.45, 2.75) is 18.6 Å². The lowest BCUT2D eigenvalue weighted by Gasteiger charge is -2.26. The molecule has 8 heteroatoms. The van der Waals surface area contributed by atoms with Gasteiger partial charge in [-0.1, -0.05) is 30.3 Å². The molecule has 8 nitrogen and oxygen atoms in total. The minimum absolute atomic E-state index is 0.0909. The van der Waals surface area contributed by atoms with Gasteiger partial charge in [0.15, 0.2) is 11.5 Å². The van der Waals surface area contributed by atoms with E-state index >= 15 is 0 Å². The van der Waals surface area contributed by atoms with E-state index in [-0.39, 0.29) is 25.2 Å². The number of benzene rings is 3. The topological polar surface area (TPSA) is 112 Å². The van der Waals surface area contributed by atoms with Gasteiger partial charge < -0.3 is 29.2 Å². The molecular formula is C27H22O8. The summed E-state index contributed by atoms with van der Waals surface area (Å²) in [6.07, 6.45) is 0.0915.